The number of phenolic OH excluding ortho intramolecular Hbond substituents is 2. The number of rotatable bonds is 29. The van der Waals surface area contributed by atoms with E-state index in [1.54, 1.807) is 0 Å². The number of nitrogens with one attached hydrogen (secondary N) is 8. The van der Waals surface area contributed by atoms with Gasteiger partial charge in [-0.3, -0.25) is 47.9 Å². The lowest BCUT2D eigenvalue weighted by Gasteiger charge is -2.27. The molecule has 3 rings (SSSR count). The highest BCUT2D eigenvalue weighted by atomic mass is 16.4. The number of aliphatic carboxylic acids is 2. The Morgan fingerprint density at radius 3 is 1.60 bits per heavy atom. The summed E-state index contributed by atoms with van der Waals surface area (Å²) in [5.41, 5.74) is 6.51. The molecule has 412 valence electrons. The Morgan fingerprint density at radius 1 is 0.613 bits per heavy atom. The highest BCUT2D eigenvalue weighted by Gasteiger charge is 2.38. The van der Waals surface area contributed by atoms with E-state index in [0.29, 0.717) is 17.5 Å². The SMILES string of the molecule is CC(C)[C@H](NC(=O)CNC(=O)[C@H](CO)NC(=O)[C@H](CO)NC(=O)CNC(=O)[C@@H]1CCCN1C(=O)[C@@H](N)[C@@H](C)O)C(=O)N[C@@H](Cc1ccc(O)cc1)C(=O)N[C@@H](CCC(=O)O)C(=O)N[C@@H](Cc1ccc(O)cc1)C(=O)O. The third kappa shape index (κ3) is 19.8. The second-order valence-electron chi connectivity index (χ2n) is 17.9. The molecule has 75 heavy (non-hydrogen) atoms. The fraction of sp³-hybridized carbons (Fsp3) is 0.511. The van der Waals surface area contributed by atoms with Crippen molar-refractivity contribution in [2.24, 2.45) is 11.7 Å². The van der Waals surface area contributed by atoms with Gasteiger partial charge < -0.3 is 88.9 Å². The van der Waals surface area contributed by atoms with Crippen LogP contribution in [-0.2, 0) is 65.6 Å². The zero-order chi connectivity index (χ0) is 56.1. The number of carbonyl (C=O) groups excluding carboxylic acids is 9. The molecule has 0 spiro atoms. The lowest BCUT2D eigenvalue weighted by atomic mass is 10.00. The van der Waals surface area contributed by atoms with E-state index in [2.05, 4.69) is 42.5 Å². The summed E-state index contributed by atoms with van der Waals surface area (Å²) in [6.45, 7) is 0.923. The number of carbonyl (C=O) groups is 11. The number of carboxylic acids is 2. The number of aliphatic hydroxyl groups is 3. The summed E-state index contributed by atoms with van der Waals surface area (Å²) in [4.78, 5) is 144. The number of benzene rings is 2. The van der Waals surface area contributed by atoms with Crippen molar-refractivity contribution in [1.82, 2.24) is 47.4 Å². The van der Waals surface area contributed by atoms with Crippen molar-refractivity contribution < 1.29 is 88.5 Å². The highest BCUT2D eigenvalue weighted by molar-refractivity contribution is 5.98. The van der Waals surface area contributed by atoms with Gasteiger partial charge in [-0.15, -0.1) is 0 Å². The minimum atomic E-state index is -1.76. The molecule has 9 atom stereocenters. The van der Waals surface area contributed by atoms with Crippen molar-refractivity contribution in [3.63, 3.8) is 0 Å². The molecule has 1 aliphatic heterocycles. The van der Waals surface area contributed by atoms with Crippen molar-refractivity contribution >= 4 is 65.1 Å². The molecule has 0 aliphatic carbocycles. The molecule has 1 aliphatic rings. The average Bonchev–Trinajstić information content (AvgIpc) is 3.86. The van der Waals surface area contributed by atoms with Crippen LogP contribution in [0.3, 0.4) is 0 Å². The molecule has 2 aromatic carbocycles. The van der Waals surface area contributed by atoms with E-state index in [0.717, 1.165) is 0 Å². The maximum atomic E-state index is 14.0. The van der Waals surface area contributed by atoms with E-state index in [-0.39, 0.29) is 37.3 Å². The van der Waals surface area contributed by atoms with Crippen molar-refractivity contribution in [3.8, 4) is 11.5 Å². The van der Waals surface area contributed by atoms with Crippen LogP contribution < -0.4 is 48.3 Å². The molecule has 28 heteroatoms. The number of aliphatic hydroxyl groups excluding tert-OH is 3. The second-order valence-corrected chi connectivity index (χ2v) is 17.9. The summed E-state index contributed by atoms with van der Waals surface area (Å²) in [5.74, 6) is -12.5. The Morgan fingerprint density at radius 2 is 1.08 bits per heavy atom. The number of carboxylic acid groups (broad SMARTS) is 2. The Labute approximate surface area is 429 Å². The maximum Gasteiger partial charge on any atom is 0.326 e. The van der Waals surface area contributed by atoms with Crippen molar-refractivity contribution in [2.75, 3.05) is 32.8 Å². The topological polar surface area (TPSA) is 455 Å². The van der Waals surface area contributed by atoms with Gasteiger partial charge in [0.05, 0.1) is 32.4 Å². The van der Waals surface area contributed by atoms with Crippen LogP contribution in [-0.4, -0.2) is 193 Å². The van der Waals surface area contributed by atoms with E-state index in [9.17, 15) is 88.5 Å². The molecular weight excluding hydrogens is 993 g/mol. The van der Waals surface area contributed by atoms with Gasteiger partial charge in [0.2, 0.25) is 53.2 Å². The monoisotopic (exact) mass is 1060 g/mol. The van der Waals surface area contributed by atoms with Crippen LogP contribution in [0.1, 0.15) is 57.6 Å². The number of nitrogens with two attached hydrogens (primary N) is 1. The molecule has 0 saturated carbocycles. The molecule has 28 nitrogen and oxygen atoms in total. The summed E-state index contributed by atoms with van der Waals surface area (Å²) >= 11 is 0. The largest absolute Gasteiger partial charge is 0.508 e. The van der Waals surface area contributed by atoms with E-state index in [4.69, 9.17) is 5.73 Å². The van der Waals surface area contributed by atoms with Gasteiger partial charge in [-0.2, -0.15) is 0 Å². The molecule has 17 N–H and O–H groups in total. The fourth-order valence-corrected chi connectivity index (χ4v) is 7.43. The Bertz CT molecular complexity index is 2350. The first-order valence-corrected chi connectivity index (χ1v) is 23.7. The van der Waals surface area contributed by atoms with Gasteiger partial charge in [-0.25, -0.2) is 4.79 Å². The fourth-order valence-electron chi connectivity index (χ4n) is 7.43. The van der Waals surface area contributed by atoms with Gasteiger partial charge in [0.15, 0.2) is 0 Å². The number of amides is 9. The summed E-state index contributed by atoms with van der Waals surface area (Å²) in [6.07, 6.45) is -2.24. The molecule has 1 saturated heterocycles. The Hall–Kier alpha value is -7.95. The third-order valence-corrected chi connectivity index (χ3v) is 11.7. The molecular formula is C47H66N10O18. The standard InChI is InChI=1S/C47H66N10O18/c1-23(2)39(56-36(64)20-49-40(67)32(21-58)55-43(70)33(22-59)51-35(63)19-50-44(71)34-5-4-16-57(34)46(73)38(48)24(3)60)45(72)53-30(17-25-6-10-27(61)11-7-25)42(69)52-29(14-15-37(65)66)41(68)54-31(47(74)75)18-26-8-12-28(62)13-9-26/h6-13,23-24,29-34,38-39,58-62H,4-5,14-22,48H2,1-3H3,(H,49,67)(H,50,71)(H,51,63)(H,52,69)(H,53,72)(H,54,68)(H,55,70)(H,56,64)(H,65,66)(H,74,75)/t24-,29+,30+,31+,32+,33+,34+,38+,39+/m1/s1. The zero-order valence-corrected chi connectivity index (χ0v) is 41.3. The van der Waals surface area contributed by atoms with Crippen LogP contribution >= 0.6 is 0 Å². The van der Waals surface area contributed by atoms with Gasteiger partial charge in [0.25, 0.3) is 0 Å². The van der Waals surface area contributed by atoms with Crippen molar-refractivity contribution in [2.45, 2.75) is 114 Å². The average molecular weight is 1060 g/mol. The van der Waals surface area contributed by atoms with Gasteiger partial charge in [0.1, 0.15) is 59.8 Å². The van der Waals surface area contributed by atoms with Crippen molar-refractivity contribution in [1.29, 1.82) is 0 Å². The summed E-state index contributed by atoms with van der Waals surface area (Å²) in [7, 11) is 0. The lowest BCUT2D eigenvalue weighted by molar-refractivity contribution is -0.143. The maximum absolute atomic E-state index is 14.0. The van der Waals surface area contributed by atoms with Crippen LogP contribution in [0, 0.1) is 5.92 Å². The number of hydrogen-bond acceptors (Lipinski definition) is 17. The van der Waals surface area contributed by atoms with Crippen molar-refractivity contribution in [3.05, 3.63) is 59.7 Å². The van der Waals surface area contributed by atoms with Crippen LogP contribution in [0.5, 0.6) is 11.5 Å². The third-order valence-electron chi connectivity index (χ3n) is 11.7. The highest BCUT2D eigenvalue weighted by Crippen LogP contribution is 2.19. The first-order valence-electron chi connectivity index (χ1n) is 23.7. The smallest absolute Gasteiger partial charge is 0.326 e. The Balaban J connectivity index is 1.65. The van der Waals surface area contributed by atoms with Gasteiger partial charge >= 0.3 is 11.9 Å². The quantitative estimate of drug-likeness (QED) is 0.0361. The lowest BCUT2D eigenvalue weighted by Crippen LogP contribution is -2.60. The molecule has 2 aromatic rings. The zero-order valence-electron chi connectivity index (χ0n) is 41.3. The molecule has 9 amide bonds. The number of aromatic hydroxyl groups is 2. The first-order chi connectivity index (χ1) is 35.3. The Kier molecular flexibility index (Phi) is 24.3. The molecule has 0 aromatic heterocycles. The molecule has 0 radical (unpaired) electrons. The number of likely N-dealkylation sites (tertiary alicyclic amines) is 1. The predicted molar refractivity (Wildman–Crippen MR) is 259 cm³/mol. The number of phenols is 2. The molecule has 0 unspecified atom stereocenters. The number of nitrogens with zero attached hydrogens (tertiary/aromatic N) is 1. The first kappa shape index (κ1) is 61.4. The van der Waals surface area contributed by atoms with Gasteiger partial charge in [-0.05, 0) is 67.5 Å². The predicted octanol–water partition coefficient (Wildman–Crippen LogP) is -5.69. The minimum absolute atomic E-state index is 0.0968. The van der Waals surface area contributed by atoms with E-state index >= 15 is 0 Å². The van der Waals surface area contributed by atoms with Crippen LogP contribution in [0.15, 0.2) is 48.5 Å². The van der Waals surface area contributed by atoms with Gasteiger partial charge in [0, 0.05) is 25.8 Å². The van der Waals surface area contributed by atoms with Crippen LogP contribution in [0.25, 0.3) is 0 Å². The molecule has 1 fully saturated rings. The summed E-state index contributed by atoms with van der Waals surface area (Å²) in [5, 5.41) is 86.5. The molecule has 0 bridgehead atoms. The van der Waals surface area contributed by atoms with E-state index < -0.39 is 165 Å². The summed E-state index contributed by atoms with van der Waals surface area (Å²) < 4.78 is 0. The second kappa shape index (κ2) is 29.7. The van der Waals surface area contributed by atoms with E-state index in [1.165, 1.54) is 74.2 Å². The number of hydrogen-bond donors (Lipinski definition) is 16. The summed E-state index contributed by atoms with van der Waals surface area (Å²) in [6, 6.07) is -1.09. The molecule has 1 heterocycles. The minimum Gasteiger partial charge on any atom is -0.508 e. The van der Waals surface area contributed by atoms with Crippen LogP contribution in [0.2, 0.25) is 0 Å². The van der Waals surface area contributed by atoms with Crippen LogP contribution in [0.4, 0.5) is 0 Å². The van der Waals surface area contributed by atoms with E-state index in [1.807, 2.05) is 0 Å². The normalized spacial score (nSPS) is 16.3. The van der Waals surface area contributed by atoms with Gasteiger partial charge in [-0.1, -0.05) is 38.1 Å².